The van der Waals surface area contributed by atoms with E-state index in [0.29, 0.717) is 0 Å². The van der Waals surface area contributed by atoms with Gasteiger partial charge in [-0.2, -0.15) is 4.79 Å². The Morgan fingerprint density at radius 3 is 2.93 bits per heavy atom. The van der Waals surface area contributed by atoms with Crippen LogP contribution in [-0.4, -0.2) is 23.8 Å². The molecule has 5 nitrogen and oxygen atoms in total. The summed E-state index contributed by atoms with van der Waals surface area (Å²) in [5, 5.41) is 0. The van der Waals surface area contributed by atoms with Gasteiger partial charge in [-0.1, -0.05) is 0 Å². The van der Waals surface area contributed by atoms with E-state index in [4.69, 9.17) is 11.3 Å². The minimum atomic E-state index is -0.454. The molecule has 0 unspecified atom stereocenters. The SMILES string of the molecule is [C-]#[N+]CCOC(=O)n1cc[n+](C)c1.[Cl-]. The lowest BCUT2D eigenvalue weighted by molar-refractivity contribution is -0.670. The molecule has 0 amide bonds. The van der Waals surface area contributed by atoms with Gasteiger partial charge >= 0.3 is 6.09 Å². The van der Waals surface area contributed by atoms with E-state index in [-0.39, 0.29) is 25.6 Å². The Balaban J connectivity index is 0.00000169. The Labute approximate surface area is 88.1 Å². The molecule has 14 heavy (non-hydrogen) atoms. The molecule has 0 N–H and O–H groups in total. The van der Waals surface area contributed by atoms with Crippen LogP contribution >= 0.6 is 0 Å². The van der Waals surface area contributed by atoms with Crippen LogP contribution in [0.5, 0.6) is 0 Å². The maximum absolute atomic E-state index is 11.2. The fourth-order valence-corrected chi connectivity index (χ4v) is 0.811. The van der Waals surface area contributed by atoms with Gasteiger partial charge in [0.25, 0.3) is 6.33 Å². The second-order valence-corrected chi connectivity index (χ2v) is 2.48. The first-order valence-electron chi connectivity index (χ1n) is 3.77. The lowest BCUT2D eigenvalue weighted by atomic mass is 10.7. The summed E-state index contributed by atoms with van der Waals surface area (Å²) in [4.78, 5) is 14.2. The third-order valence-corrected chi connectivity index (χ3v) is 1.41. The van der Waals surface area contributed by atoms with E-state index in [1.807, 2.05) is 7.05 Å². The van der Waals surface area contributed by atoms with Crippen LogP contribution in [0, 0.1) is 6.57 Å². The van der Waals surface area contributed by atoms with Gasteiger partial charge in [0.15, 0.2) is 6.61 Å². The molecule has 0 saturated heterocycles. The average Bonchev–Trinajstić information content (AvgIpc) is 2.52. The molecule has 0 aliphatic heterocycles. The number of hydrogen-bond donors (Lipinski definition) is 0. The normalized spacial score (nSPS) is 8.57. The van der Waals surface area contributed by atoms with Gasteiger partial charge in [-0.15, -0.1) is 4.57 Å². The van der Waals surface area contributed by atoms with Gasteiger partial charge < -0.3 is 22.0 Å². The number of hydrogen-bond acceptors (Lipinski definition) is 2. The number of aryl methyl sites for hydroxylation is 1. The van der Waals surface area contributed by atoms with Crippen molar-refractivity contribution in [1.82, 2.24) is 4.57 Å². The highest BCUT2D eigenvalue weighted by molar-refractivity contribution is 5.69. The quantitative estimate of drug-likeness (QED) is 0.304. The smallest absolute Gasteiger partial charge is 0.511 e. The Kier molecular flexibility index (Phi) is 5.34. The van der Waals surface area contributed by atoms with Crippen molar-refractivity contribution in [3.8, 4) is 0 Å². The molecule has 0 aliphatic carbocycles. The number of carbonyl (C=O) groups excluding carboxylic acids is 1. The van der Waals surface area contributed by atoms with Gasteiger partial charge in [-0.05, 0) is 0 Å². The van der Waals surface area contributed by atoms with Crippen LogP contribution in [0.4, 0.5) is 4.79 Å². The molecule has 1 aromatic heterocycles. The molecular formula is C8H10ClN3O2. The van der Waals surface area contributed by atoms with Gasteiger partial charge in [0, 0.05) is 0 Å². The number of ether oxygens (including phenoxy) is 1. The largest absolute Gasteiger partial charge is 1.00 e. The number of carbonyl (C=O) groups is 1. The van der Waals surface area contributed by atoms with Crippen molar-refractivity contribution in [3.05, 3.63) is 30.1 Å². The lowest BCUT2D eigenvalue weighted by Crippen LogP contribution is -3.00. The Morgan fingerprint density at radius 1 is 1.71 bits per heavy atom. The Morgan fingerprint density at radius 2 is 2.43 bits per heavy atom. The van der Waals surface area contributed by atoms with E-state index in [0.717, 1.165) is 0 Å². The zero-order chi connectivity index (χ0) is 9.68. The number of halogens is 1. The summed E-state index contributed by atoms with van der Waals surface area (Å²) in [5.41, 5.74) is 0. The first-order chi connectivity index (χ1) is 6.24. The predicted molar refractivity (Wildman–Crippen MR) is 43.8 cm³/mol. The van der Waals surface area contributed by atoms with Crippen molar-refractivity contribution < 1.29 is 26.5 Å². The molecule has 6 heteroatoms. The summed E-state index contributed by atoms with van der Waals surface area (Å²) in [6.45, 7) is 6.83. The highest BCUT2D eigenvalue weighted by Gasteiger charge is 2.12. The van der Waals surface area contributed by atoms with Crippen molar-refractivity contribution in [3.63, 3.8) is 0 Å². The predicted octanol–water partition coefficient (Wildman–Crippen LogP) is -2.78. The van der Waals surface area contributed by atoms with E-state index in [1.54, 1.807) is 23.3 Å². The minimum absolute atomic E-state index is 0. The molecule has 0 fully saturated rings. The topological polar surface area (TPSA) is 39.5 Å². The third kappa shape index (κ3) is 3.46. The first-order valence-corrected chi connectivity index (χ1v) is 3.77. The fraction of sp³-hybridized carbons (Fsp3) is 0.375. The van der Waals surface area contributed by atoms with E-state index < -0.39 is 6.09 Å². The molecule has 1 aromatic rings. The van der Waals surface area contributed by atoms with Crippen LogP contribution < -0.4 is 17.0 Å². The van der Waals surface area contributed by atoms with Gasteiger partial charge in [-0.25, -0.2) is 11.1 Å². The van der Waals surface area contributed by atoms with E-state index in [9.17, 15) is 4.79 Å². The maximum Gasteiger partial charge on any atom is 0.511 e. The first kappa shape index (κ1) is 12.5. The number of imidazole rings is 1. The van der Waals surface area contributed by atoms with Gasteiger partial charge in [0.05, 0.1) is 7.05 Å². The standard InChI is InChI=1S/C8H10N3O2.ClH/c1-9-3-6-13-8(12)11-5-4-10(2)7-11;/h4-5,7H,3,6H2,2H3;1H/q+1;/p-1. The van der Waals surface area contributed by atoms with Crippen LogP contribution in [0.25, 0.3) is 4.85 Å². The van der Waals surface area contributed by atoms with Gasteiger partial charge in [-0.3, -0.25) is 0 Å². The second-order valence-electron chi connectivity index (χ2n) is 2.48. The zero-order valence-electron chi connectivity index (χ0n) is 7.68. The fourth-order valence-electron chi connectivity index (χ4n) is 0.811. The van der Waals surface area contributed by atoms with Gasteiger partial charge in [0.1, 0.15) is 12.4 Å². The third-order valence-electron chi connectivity index (χ3n) is 1.41. The highest BCUT2D eigenvalue weighted by Crippen LogP contribution is 1.88. The summed E-state index contributed by atoms with van der Waals surface area (Å²) in [5.74, 6) is 0. The molecular weight excluding hydrogens is 206 g/mol. The van der Waals surface area contributed by atoms with Crippen LogP contribution in [0.15, 0.2) is 18.7 Å². The van der Waals surface area contributed by atoms with E-state index >= 15 is 0 Å². The Hall–Kier alpha value is -1.54. The van der Waals surface area contributed by atoms with E-state index in [1.165, 1.54) is 4.57 Å². The molecule has 1 rings (SSSR count). The van der Waals surface area contributed by atoms with Gasteiger partial charge in [0.2, 0.25) is 6.54 Å². The molecule has 0 spiro atoms. The molecule has 76 valence electrons. The number of rotatable bonds is 2. The van der Waals surface area contributed by atoms with Crippen LogP contribution in [0.3, 0.4) is 0 Å². The van der Waals surface area contributed by atoms with Crippen molar-refractivity contribution in [2.45, 2.75) is 0 Å². The molecule has 0 saturated carbocycles. The van der Waals surface area contributed by atoms with Crippen molar-refractivity contribution in [2.24, 2.45) is 7.05 Å². The second kappa shape index (κ2) is 6.00. The van der Waals surface area contributed by atoms with E-state index in [2.05, 4.69) is 4.85 Å². The zero-order valence-corrected chi connectivity index (χ0v) is 8.44. The molecule has 0 radical (unpaired) electrons. The van der Waals surface area contributed by atoms with Crippen LogP contribution in [0.1, 0.15) is 0 Å². The summed E-state index contributed by atoms with van der Waals surface area (Å²) in [6, 6.07) is 0. The number of aromatic nitrogens is 2. The average molecular weight is 216 g/mol. The molecule has 0 atom stereocenters. The van der Waals surface area contributed by atoms with Crippen LogP contribution in [0.2, 0.25) is 0 Å². The maximum atomic E-state index is 11.2. The molecule has 0 aliphatic rings. The Bertz CT molecular complexity index is 343. The van der Waals surface area contributed by atoms with Crippen molar-refractivity contribution in [2.75, 3.05) is 13.2 Å². The molecule has 0 bridgehead atoms. The molecule has 1 heterocycles. The number of nitrogens with zero attached hydrogens (tertiary/aromatic N) is 3. The summed E-state index contributed by atoms with van der Waals surface area (Å²) < 4.78 is 7.83. The van der Waals surface area contributed by atoms with Crippen LogP contribution in [-0.2, 0) is 11.8 Å². The minimum Gasteiger partial charge on any atom is -1.00 e. The van der Waals surface area contributed by atoms with Crippen molar-refractivity contribution in [1.29, 1.82) is 0 Å². The van der Waals surface area contributed by atoms with Crippen molar-refractivity contribution >= 4 is 6.09 Å². The summed E-state index contributed by atoms with van der Waals surface area (Å²) in [7, 11) is 1.81. The summed E-state index contributed by atoms with van der Waals surface area (Å²) >= 11 is 0. The molecule has 0 aromatic carbocycles. The monoisotopic (exact) mass is 215 g/mol. The highest BCUT2D eigenvalue weighted by atomic mass is 35.5. The lowest BCUT2D eigenvalue weighted by Gasteiger charge is -1.94. The summed E-state index contributed by atoms with van der Waals surface area (Å²) in [6.07, 6.45) is 4.47.